The van der Waals surface area contributed by atoms with Gasteiger partial charge in [-0.2, -0.15) is 0 Å². The largest absolute Gasteiger partial charge is 0.506 e. The minimum Gasteiger partial charge on any atom is -0.506 e. The van der Waals surface area contributed by atoms with Crippen LogP contribution in [0.2, 0.25) is 0 Å². The molecule has 168 valence electrons. The molecule has 3 aromatic carbocycles. The number of sulfonamides is 1. The molecular formula is C23H24N2O5S2. The predicted octanol–water partition coefficient (Wildman–Crippen LogP) is 4.63. The number of methoxy groups -OCH3 is 1. The van der Waals surface area contributed by atoms with Crippen LogP contribution in [-0.2, 0) is 14.8 Å². The highest BCUT2D eigenvalue weighted by molar-refractivity contribution is 8.00. The summed E-state index contributed by atoms with van der Waals surface area (Å²) < 4.78 is 33.4. The van der Waals surface area contributed by atoms with Gasteiger partial charge in [0.2, 0.25) is 5.91 Å². The van der Waals surface area contributed by atoms with Crippen molar-refractivity contribution in [2.45, 2.75) is 28.9 Å². The van der Waals surface area contributed by atoms with Crippen molar-refractivity contribution >= 4 is 39.1 Å². The first-order chi connectivity index (χ1) is 15.2. The number of thioether (sulfide) groups is 1. The lowest BCUT2D eigenvalue weighted by atomic mass is 10.2. The number of carbonyl (C=O) groups excluding carboxylic acids is 1. The number of carbonyl (C=O) groups is 1. The number of anilines is 2. The van der Waals surface area contributed by atoms with Gasteiger partial charge in [0.25, 0.3) is 10.0 Å². The van der Waals surface area contributed by atoms with Crippen molar-refractivity contribution in [1.29, 1.82) is 0 Å². The number of phenolic OH excluding ortho intramolecular Hbond substituents is 1. The summed E-state index contributed by atoms with van der Waals surface area (Å²) in [5.74, 6) is -0.231. The fourth-order valence-electron chi connectivity index (χ4n) is 2.82. The van der Waals surface area contributed by atoms with Crippen LogP contribution in [0.3, 0.4) is 0 Å². The molecule has 1 atom stereocenters. The maximum Gasteiger partial charge on any atom is 0.262 e. The van der Waals surface area contributed by atoms with Crippen LogP contribution in [0, 0.1) is 6.92 Å². The number of nitrogens with one attached hydrogen (secondary N) is 2. The molecule has 3 N–H and O–H groups in total. The van der Waals surface area contributed by atoms with Gasteiger partial charge < -0.3 is 15.2 Å². The molecular weight excluding hydrogens is 448 g/mol. The Hall–Kier alpha value is -3.17. The Kier molecular flexibility index (Phi) is 7.32. The second-order valence-electron chi connectivity index (χ2n) is 7.05. The Morgan fingerprint density at radius 1 is 1.03 bits per heavy atom. The van der Waals surface area contributed by atoms with Crippen LogP contribution < -0.4 is 14.8 Å². The van der Waals surface area contributed by atoms with Crippen molar-refractivity contribution < 1.29 is 23.1 Å². The van der Waals surface area contributed by atoms with Crippen molar-refractivity contribution in [3.63, 3.8) is 0 Å². The number of aromatic hydroxyl groups is 1. The fourth-order valence-corrected chi connectivity index (χ4v) is 4.79. The highest BCUT2D eigenvalue weighted by atomic mass is 32.2. The number of hydrogen-bond acceptors (Lipinski definition) is 6. The predicted molar refractivity (Wildman–Crippen MR) is 127 cm³/mol. The second-order valence-corrected chi connectivity index (χ2v) is 10.1. The summed E-state index contributed by atoms with van der Waals surface area (Å²) in [6.07, 6.45) is 0. The number of benzene rings is 3. The molecule has 0 aliphatic rings. The van der Waals surface area contributed by atoms with E-state index in [0.717, 1.165) is 10.5 Å². The molecule has 1 amide bonds. The van der Waals surface area contributed by atoms with Gasteiger partial charge in [-0.15, -0.1) is 11.8 Å². The lowest BCUT2D eigenvalue weighted by Gasteiger charge is -2.15. The molecule has 7 nitrogen and oxygen atoms in total. The zero-order chi connectivity index (χ0) is 23.3. The van der Waals surface area contributed by atoms with E-state index in [-0.39, 0.29) is 27.9 Å². The number of phenols is 1. The smallest absolute Gasteiger partial charge is 0.262 e. The van der Waals surface area contributed by atoms with Gasteiger partial charge in [0.1, 0.15) is 11.5 Å². The highest BCUT2D eigenvalue weighted by Gasteiger charge is 2.21. The minimum atomic E-state index is -3.99. The molecule has 3 aromatic rings. The average Bonchev–Trinajstić information content (AvgIpc) is 2.76. The van der Waals surface area contributed by atoms with Gasteiger partial charge in [-0.3, -0.25) is 9.52 Å². The molecule has 9 heteroatoms. The molecule has 0 fully saturated rings. The summed E-state index contributed by atoms with van der Waals surface area (Å²) >= 11 is 1.36. The average molecular weight is 473 g/mol. The molecule has 0 aliphatic heterocycles. The normalized spacial score (nSPS) is 12.1. The van der Waals surface area contributed by atoms with Gasteiger partial charge in [-0.1, -0.05) is 29.8 Å². The number of rotatable bonds is 8. The van der Waals surface area contributed by atoms with E-state index in [9.17, 15) is 18.3 Å². The molecule has 3 rings (SSSR count). The van der Waals surface area contributed by atoms with E-state index in [2.05, 4.69) is 10.0 Å². The minimum absolute atomic E-state index is 0.00857. The Bertz CT molecular complexity index is 1210. The summed E-state index contributed by atoms with van der Waals surface area (Å²) in [5.41, 5.74) is 1.40. The molecule has 0 saturated carbocycles. The SMILES string of the molecule is COc1ccccc1NS(=O)(=O)c1ccc(O)c(NC(=O)C(C)Sc2ccc(C)cc2)c1. The molecule has 0 radical (unpaired) electrons. The molecule has 0 spiro atoms. The number of aryl methyl sites for hydroxylation is 1. The highest BCUT2D eigenvalue weighted by Crippen LogP contribution is 2.31. The Labute approximate surface area is 191 Å². The molecule has 0 bridgehead atoms. The Morgan fingerprint density at radius 2 is 1.72 bits per heavy atom. The van der Waals surface area contributed by atoms with Crippen LogP contribution in [0.1, 0.15) is 12.5 Å². The summed E-state index contributed by atoms with van der Waals surface area (Å²) in [7, 11) is -2.55. The maximum atomic E-state index is 12.9. The van der Waals surface area contributed by atoms with E-state index in [1.807, 2.05) is 31.2 Å². The van der Waals surface area contributed by atoms with Gasteiger partial charge in [0.15, 0.2) is 0 Å². The van der Waals surface area contributed by atoms with Gasteiger partial charge in [-0.25, -0.2) is 8.42 Å². The first-order valence-electron chi connectivity index (χ1n) is 9.72. The molecule has 0 heterocycles. The summed E-state index contributed by atoms with van der Waals surface area (Å²) in [5, 5.41) is 12.3. The monoisotopic (exact) mass is 472 g/mol. The second kappa shape index (κ2) is 9.97. The lowest BCUT2D eigenvalue weighted by molar-refractivity contribution is -0.115. The summed E-state index contributed by atoms with van der Waals surface area (Å²) in [6.45, 7) is 3.72. The fraction of sp³-hybridized carbons (Fsp3) is 0.174. The van der Waals surface area contributed by atoms with Gasteiger partial charge in [0.05, 0.1) is 28.6 Å². The third-order valence-corrected chi connectivity index (χ3v) is 7.07. The van der Waals surface area contributed by atoms with Gasteiger partial charge >= 0.3 is 0 Å². The quantitative estimate of drug-likeness (QED) is 0.326. The molecule has 0 aromatic heterocycles. The molecule has 32 heavy (non-hydrogen) atoms. The van der Waals surface area contributed by atoms with E-state index in [0.29, 0.717) is 5.75 Å². The van der Waals surface area contributed by atoms with Crippen LogP contribution >= 0.6 is 11.8 Å². The molecule has 0 saturated heterocycles. The first kappa shape index (κ1) is 23.5. The molecule has 1 unspecified atom stereocenters. The standard InChI is InChI=1S/C23H24N2O5S2/c1-15-8-10-17(11-9-15)31-16(2)23(27)24-20-14-18(12-13-21(20)26)32(28,29)25-19-6-4-5-7-22(19)30-3/h4-14,16,25-26H,1-3H3,(H,24,27). The van der Waals surface area contributed by atoms with E-state index in [1.54, 1.807) is 31.2 Å². The van der Waals surface area contributed by atoms with Crippen molar-refractivity contribution in [3.8, 4) is 11.5 Å². The Balaban J connectivity index is 1.77. The third-order valence-electron chi connectivity index (χ3n) is 4.59. The van der Waals surface area contributed by atoms with Crippen molar-refractivity contribution in [1.82, 2.24) is 0 Å². The van der Waals surface area contributed by atoms with Crippen LogP contribution in [0.4, 0.5) is 11.4 Å². The van der Waals surface area contributed by atoms with Crippen LogP contribution in [-0.4, -0.2) is 31.8 Å². The van der Waals surface area contributed by atoms with E-state index in [4.69, 9.17) is 4.74 Å². The zero-order valence-corrected chi connectivity index (χ0v) is 19.5. The van der Waals surface area contributed by atoms with E-state index < -0.39 is 15.3 Å². The van der Waals surface area contributed by atoms with Gasteiger partial charge in [-0.05, 0) is 56.3 Å². The van der Waals surface area contributed by atoms with Crippen LogP contribution in [0.5, 0.6) is 11.5 Å². The number of amides is 1. The summed E-state index contributed by atoms with van der Waals surface area (Å²) in [4.78, 5) is 13.5. The van der Waals surface area contributed by atoms with E-state index in [1.165, 1.54) is 37.1 Å². The van der Waals surface area contributed by atoms with Crippen LogP contribution in [0.25, 0.3) is 0 Å². The Morgan fingerprint density at radius 3 is 2.41 bits per heavy atom. The van der Waals surface area contributed by atoms with Crippen molar-refractivity contribution in [2.24, 2.45) is 0 Å². The van der Waals surface area contributed by atoms with Crippen LogP contribution in [0.15, 0.2) is 76.5 Å². The van der Waals surface area contributed by atoms with Gasteiger partial charge in [0, 0.05) is 4.90 Å². The lowest BCUT2D eigenvalue weighted by Crippen LogP contribution is -2.22. The number of ether oxygens (including phenoxy) is 1. The topological polar surface area (TPSA) is 105 Å². The third kappa shape index (κ3) is 5.74. The number of hydrogen-bond donors (Lipinski definition) is 3. The zero-order valence-electron chi connectivity index (χ0n) is 17.8. The summed E-state index contributed by atoms with van der Waals surface area (Å²) in [6, 6.07) is 18.1. The van der Waals surface area contributed by atoms with Crippen molar-refractivity contribution in [3.05, 3.63) is 72.3 Å². The first-order valence-corrected chi connectivity index (χ1v) is 12.1. The number of para-hydroxylation sites is 2. The van der Waals surface area contributed by atoms with E-state index >= 15 is 0 Å². The maximum absolute atomic E-state index is 12.9. The van der Waals surface area contributed by atoms with Crippen molar-refractivity contribution in [2.75, 3.05) is 17.1 Å². The molecule has 0 aliphatic carbocycles.